The maximum absolute atomic E-state index is 11.9. The topological polar surface area (TPSA) is 60.9 Å². The molecule has 1 spiro atoms. The van der Waals surface area contributed by atoms with Gasteiger partial charge in [-0.2, -0.15) is 0 Å². The molecule has 1 atom stereocenters. The summed E-state index contributed by atoms with van der Waals surface area (Å²) in [5, 5.41) is 3.11. The number of likely N-dealkylation sites (tertiary alicyclic amines) is 1. The Morgan fingerprint density at radius 3 is 3.09 bits per heavy atom. The second-order valence-electron chi connectivity index (χ2n) is 6.20. The number of rotatable bonds is 6. The lowest BCUT2D eigenvalue weighted by molar-refractivity contribution is -0.204. The number of carbonyl (C=O) groups excluding carboxylic acids is 1. The Morgan fingerprint density at radius 1 is 1.57 bits per heavy atom. The second kappa shape index (κ2) is 7.25. The maximum Gasteiger partial charge on any atom is 0.248 e. The molecule has 1 aromatic heterocycles. The van der Waals surface area contributed by atoms with Crippen molar-refractivity contribution in [2.45, 2.75) is 45.0 Å². The second-order valence-corrected chi connectivity index (χ2v) is 7.26. The van der Waals surface area contributed by atoms with E-state index in [4.69, 9.17) is 14.2 Å². The van der Waals surface area contributed by atoms with Crippen molar-refractivity contribution in [3.63, 3.8) is 0 Å². The number of carbonyl (C=O) groups is 1. The molecule has 128 valence electrons. The molecule has 1 unspecified atom stereocenters. The zero-order valence-corrected chi connectivity index (χ0v) is 14.6. The smallest absolute Gasteiger partial charge is 0.248 e. The van der Waals surface area contributed by atoms with E-state index in [1.54, 1.807) is 11.3 Å². The van der Waals surface area contributed by atoms with E-state index in [0.717, 1.165) is 23.5 Å². The van der Waals surface area contributed by atoms with Crippen LogP contribution in [0, 0.1) is 6.92 Å². The minimum absolute atomic E-state index is 0.0436. The minimum Gasteiger partial charge on any atom is -0.372 e. The van der Waals surface area contributed by atoms with Crippen LogP contribution in [0.25, 0.3) is 0 Å². The van der Waals surface area contributed by atoms with E-state index >= 15 is 0 Å². The molecule has 3 rings (SSSR count). The van der Waals surface area contributed by atoms with Gasteiger partial charge in [-0.3, -0.25) is 4.79 Å². The Balaban J connectivity index is 1.45. The van der Waals surface area contributed by atoms with Crippen molar-refractivity contribution in [3.05, 3.63) is 16.1 Å². The lowest BCUT2D eigenvalue weighted by Gasteiger charge is -2.52. The van der Waals surface area contributed by atoms with Crippen LogP contribution >= 0.6 is 11.3 Å². The lowest BCUT2D eigenvalue weighted by atomic mass is 9.84. The third-order valence-corrected chi connectivity index (χ3v) is 5.14. The summed E-state index contributed by atoms with van der Waals surface area (Å²) >= 11 is 1.64. The predicted octanol–water partition coefficient (Wildman–Crippen LogP) is 1.76. The molecule has 0 N–H and O–H groups in total. The third-order valence-electron chi connectivity index (χ3n) is 4.32. The molecule has 0 bridgehead atoms. The van der Waals surface area contributed by atoms with Gasteiger partial charge < -0.3 is 19.1 Å². The summed E-state index contributed by atoms with van der Waals surface area (Å²) < 4.78 is 17.1. The molecular weight excluding hydrogens is 316 g/mol. The van der Waals surface area contributed by atoms with E-state index < -0.39 is 0 Å². The summed E-state index contributed by atoms with van der Waals surface area (Å²) in [5.41, 5.74) is 0.776. The number of hydrogen-bond acceptors (Lipinski definition) is 6. The molecule has 2 aliphatic heterocycles. The van der Waals surface area contributed by atoms with Crippen LogP contribution in [0.3, 0.4) is 0 Å². The summed E-state index contributed by atoms with van der Waals surface area (Å²) in [5.74, 6) is 0.0436. The Kier molecular flexibility index (Phi) is 5.31. The number of ether oxygens (including phenoxy) is 3. The van der Waals surface area contributed by atoms with Gasteiger partial charge >= 0.3 is 0 Å². The fourth-order valence-corrected chi connectivity index (χ4v) is 3.73. The summed E-state index contributed by atoms with van der Waals surface area (Å²) in [6.45, 7) is 7.15. The summed E-state index contributed by atoms with van der Waals surface area (Å²) in [4.78, 5) is 18.1. The fourth-order valence-electron chi connectivity index (χ4n) is 3.13. The average Bonchev–Trinajstić information content (AvgIpc) is 2.94. The molecule has 23 heavy (non-hydrogen) atoms. The highest BCUT2D eigenvalue weighted by Gasteiger charge is 2.49. The zero-order chi connectivity index (χ0) is 16.3. The van der Waals surface area contributed by atoms with E-state index in [2.05, 4.69) is 4.98 Å². The first-order valence-electron chi connectivity index (χ1n) is 8.12. The summed E-state index contributed by atoms with van der Waals surface area (Å²) in [6, 6.07) is 0. The monoisotopic (exact) mass is 340 g/mol. The Labute approximate surface area is 140 Å². The lowest BCUT2D eigenvalue weighted by Crippen LogP contribution is -2.67. The maximum atomic E-state index is 11.9. The Hall–Kier alpha value is -1.02. The standard InChI is InChI=1S/C16H24N2O4S/c1-3-20-8-15(19)18-10-16(11-18)6-14(4-5-22-16)21-7-13-9-23-12(2)17-13/h9,14H,3-8,10-11H2,1-2H3. The zero-order valence-electron chi connectivity index (χ0n) is 13.7. The van der Waals surface area contributed by atoms with Crippen LogP contribution in [0.15, 0.2) is 5.38 Å². The number of amides is 1. The molecule has 0 saturated carbocycles. The average molecular weight is 340 g/mol. The molecule has 0 radical (unpaired) electrons. The van der Waals surface area contributed by atoms with Crippen molar-refractivity contribution >= 4 is 17.2 Å². The van der Waals surface area contributed by atoms with Gasteiger partial charge in [0.05, 0.1) is 36.5 Å². The largest absolute Gasteiger partial charge is 0.372 e. The molecule has 1 aromatic rings. The first kappa shape index (κ1) is 16.8. The molecular formula is C16H24N2O4S. The molecule has 0 aromatic carbocycles. The van der Waals surface area contributed by atoms with Gasteiger partial charge in [0.25, 0.3) is 0 Å². The van der Waals surface area contributed by atoms with Gasteiger partial charge in [-0.1, -0.05) is 0 Å². The van der Waals surface area contributed by atoms with Gasteiger partial charge in [0.15, 0.2) is 0 Å². The van der Waals surface area contributed by atoms with Crippen LogP contribution in [0.1, 0.15) is 30.5 Å². The van der Waals surface area contributed by atoms with Crippen LogP contribution in [-0.2, 0) is 25.6 Å². The van der Waals surface area contributed by atoms with Gasteiger partial charge in [0.2, 0.25) is 5.91 Å². The van der Waals surface area contributed by atoms with Gasteiger partial charge in [0, 0.05) is 25.0 Å². The van der Waals surface area contributed by atoms with Crippen LogP contribution < -0.4 is 0 Å². The normalized spacial score (nSPS) is 23.0. The summed E-state index contributed by atoms with van der Waals surface area (Å²) in [6.07, 6.45) is 1.92. The SMILES string of the molecule is CCOCC(=O)N1CC2(CC(OCc3csc(C)n3)CCO2)C1. The number of aryl methyl sites for hydroxylation is 1. The number of aromatic nitrogens is 1. The van der Waals surface area contributed by atoms with Crippen LogP contribution in [0.5, 0.6) is 0 Å². The fraction of sp³-hybridized carbons (Fsp3) is 0.750. The Bertz CT molecular complexity index is 542. The first-order chi connectivity index (χ1) is 11.1. The molecule has 1 amide bonds. The van der Waals surface area contributed by atoms with Crippen molar-refractivity contribution in [3.8, 4) is 0 Å². The van der Waals surface area contributed by atoms with Gasteiger partial charge in [-0.25, -0.2) is 4.98 Å². The molecule has 2 saturated heterocycles. The van der Waals surface area contributed by atoms with Crippen LogP contribution in [0.4, 0.5) is 0 Å². The van der Waals surface area contributed by atoms with E-state index in [-0.39, 0.29) is 24.2 Å². The van der Waals surface area contributed by atoms with Crippen molar-refractivity contribution in [2.24, 2.45) is 0 Å². The van der Waals surface area contributed by atoms with Gasteiger partial charge in [-0.05, 0) is 20.3 Å². The highest BCUT2D eigenvalue weighted by atomic mass is 32.1. The highest BCUT2D eigenvalue weighted by Crippen LogP contribution is 2.35. The molecule has 0 aliphatic carbocycles. The first-order valence-corrected chi connectivity index (χ1v) is 9.00. The molecule has 7 heteroatoms. The molecule has 2 aliphatic rings. The van der Waals surface area contributed by atoms with Crippen molar-refractivity contribution < 1.29 is 19.0 Å². The molecule has 6 nitrogen and oxygen atoms in total. The van der Waals surface area contributed by atoms with Crippen molar-refractivity contribution in [1.29, 1.82) is 0 Å². The molecule has 3 heterocycles. The van der Waals surface area contributed by atoms with E-state index in [9.17, 15) is 4.79 Å². The third kappa shape index (κ3) is 4.09. The highest BCUT2D eigenvalue weighted by molar-refractivity contribution is 7.09. The number of thiazole rings is 1. The van der Waals surface area contributed by atoms with E-state index in [0.29, 0.717) is 32.9 Å². The van der Waals surface area contributed by atoms with Crippen LogP contribution in [-0.4, -0.2) is 60.4 Å². The molecule has 2 fully saturated rings. The number of nitrogens with zero attached hydrogens (tertiary/aromatic N) is 2. The van der Waals surface area contributed by atoms with Crippen molar-refractivity contribution in [2.75, 3.05) is 32.9 Å². The van der Waals surface area contributed by atoms with Crippen LogP contribution in [0.2, 0.25) is 0 Å². The quantitative estimate of drug-likeness (QED) is 0.790. The van der Waals surface area contributed by atoms with E-state index in [1.807, 2.05) is 24.1 Å². The Morgan fingerprint density at radius 2 is 2.39 bits per heavy atom. The van der Waals surface area contributed by atoms with E-state index in [1.165, 1.54) is 0 Å². The van der Waals surface area contributed by atoms with Gasteiger partial charge in [0.1, 0.15) is 12.2 Å². The summed E-state index contributed by atoms with van der Waals surface area (Å²) in [7, 11) is 0. The predicted molar refractivity (Wildman–Crippen MR) is 86.4 cm³/mol. The minimum atomic E-state index is -0.219. The van der Waals surface area contributed by atoms with Crippen molar-refractivity contribution in [1.82, 2.24) is 9.88 Å². The van der Waals surface area contributed by atoms with Gasteiger partial charge in [-0.15, -0.1) is 11.3 Å². The number of hydrogen-bond donors (Lipinski definition) is 0.